The molecule has 136 valence electrons. The molecule has 0 spiro atoms. The third-order valence-electron chi connectivity index (χ3n) is 4.49. The highest BCUT2D eigenvalue weighted by Gasteiger charge is 2.14. The molecule has 2 aromatic rings. The molecule has 0 aromatic heterocycles. The molecule has 1 heterocycles. The molecule has 0 radical (unpaired) electrons. The largest absolute Gasteiger partial charge is 0.372 e. The summed E-state index contributed by atoms with van der Waals surface area (Å²) < 4.78 is 0. The van der Waals surface area contributed by atoms with Crippen LogP contribution in [0.5, 0.6) is 0 Å². The Kier molecular flexibility index (Phi) is 5.78. The third-order valence-corrected chi connectivity index (χ3v) is 4.89. The number of halogens is 1. The molecule has 2 aromatic carbocycles. The van der Waals surface area contributed by atoms with Crippen LogP contribution in [0.4, 0.5) is 17.1 Å². The number of hydrogen-bond acceptors (Lipinski definition) is 3. The average molecular weight is 372 g/mol. The first-order chi connectivity index (χ1) is 12.5. The van der Waals surface area contributed by atoms with E-state index in [0.29, 0.717) is 16.4 Å². The van der Waals surface area contributed by atoms with Gasteiger partial charge in [-0.3, -0.25) is 9.59 Å². The van der Waals surface area contributed by atoms with E-state index in [1.807, 2.05) is 31.2 Å². The predicted octanol–water partition coefficient (Wildman–Crippen LogP) is 4.22. The van der Waals surface area contributed by atoms with E-state index >= 15 is 0 Å². The summed E-state index contributed by atoms with van der Waals surface area (Å²) >= 11 is 6.04. The van der Waals surface area contributed by atoms with E-state index in [1.54, 1.807) is 18.2 Å². The standard InChI is InChI=1S/C20H22ClN3O2/c1-14-17(21)5-4-6-18(14)23-20(26)13-19(25)22-15-7-9-16(10-8-15)24-11-2-3-12-24/h4-10H,2-3,11-13H2,1H3,(H,22,25)(H,23,26). The van der Waals surface area contributed by atoms with Gasteiger partial charge in [0.25, 0.3) is 0 Å². The van der Waals surface area contributed by atoms with Crippen molar-refractivity contribution in [2.75, 3.05) is 28.6 Å². The van der Waals surface area contributed by atoms with Gasteiger partial charge in [-0.25, -0.2) is 0 Å². The van der Waals surface area contributed by atoms with Crippen LogP contribution in [0.2, 0.25) is 5.02 Å². The zero-order valence-corrected chi connectivity index (χ0v) is 15.5. The summed E-state index contributed by atoms with van der Waals surface area (Å²) in [4.78, 5) is 26.5. The Labute approximate surface area is 158 Å². The number of carbonyl (C=O) groups excluding carboxylic acids is 2. The third kappa shape index (κ3) is 4.55. The van der Waals surface area contributed by atoms with Crippen molar-refractivity contribution < 1.29 is 9.59 Å². The highest BCUT2D eigenvalue weighted by Crippen LogP contribution is 2.24. The van der Waals surface area contributed by atoms with Crippen molar-refractivity contribution in [1.29, 1.82) is 0 Å². The maximum atomic E-state index is 12.1. The van der Waals surface area contributed by atoms with E-state index in [4.69, 9.17) is 11.6 Å². The lowest BCUT2D eigenvalue weighted by Gasteiger charge is -2.17. The van der Waals surface area contributed by atoms with E-state index in [1.165, 1.54) is 12.8 Å². The molecule has 1 saturated heterocycles. The van der Waals surface area contributed by atoms with Crippen LogP contribution in [0, 0.1) is 6.92 Å². The number of hydrogen-bond donors (Lipinski definition) is 2. The fraction of sp³-hybridized carbons (Fsp3) is 0.300. The number of nitrogens with zero attached hydrogens (tertiary/aromatic N) is 1. The van der Waals surface area contributed by atoms with Gasteiger partial charge >= 0.3 is 0 Å². The van der Waals surface area contributed by atoms with Crippen molar-refractivity contribution in [2.45, 2.75) is 26.2 Å². The first kappa shape index (κ1) is 18.3. The van der Waals surface area contributed by atoms with Crippen molar-refractivity contribution in [3.8, 4) is 0 Å². The summed E-state index contributed by atoms with van der Waals surface area (Å²) in [6.07, 6.45) is 2.19. The number of benzene rings is 2. The molecule has 2 N–H and O–H groups in total. The van der Waals surface area contributed by atoms with Gasteiger partial charge in [0.1, 0.15) is 6.42 Å². The molecule has 0 unspecified atom stereocenters. The molecule has 1 fully saturated rings. The van der Waals surface area contributed by atoms with Crippen molar-refractivity contribution in [2.24, 2.45) is 0 Å². The SMILES string of the molecule is Cc1c(Cl)cccc1NC(=O)CC(=O)Nc1ccc(N2CCCC2)cc1. The van der Waals surface area contributed by atoms with E-state index in [9.17, 15) is 9.59 Å². The number of nitrogens with one attached hydrogen (secondary N) is 2. The zero-order chi connectivity index (χ0) is 18.5. The molecule has 5 nitrogen and oxygen atoms in total. The number of rotatable bonds is 5. The quantitative estimate of drug-likeness (QED) is 0.774. The van der Waals surface area contributed by atoms with E-state index in [2.05, 4.69) is 15.5 Å². The van der Waals surface area contributed by atoms with Crippen LogP contribution in [-0.2, 0) is 9.59 Å². The highest BCUT2D eigenvalue weighted by molar-refractivity contribution is 6.31. The predicted molar refractivity (Wildman–Crippen MR) is 106 cm³/mol. The van der Waals surface area contributed by atoms with Gasteiger partial charge in [0, 0.05) is 35.2 Å². The molecule has 26 heavy (non-hydrogen) atoms. The van der Waals surface area contributed by atoms with Gasteiger partial charge in [0.15, 0.2) is 0 Å². The second-order valence-electron chi connectivity index (χ2n) is 6.43. The average Bonchev–Trinajstić information content (AvgIpc) is 3.14. The van der Waals surface area contributed by atoms with Gasteiger partial charge in [-0.1, -0.05) is 17.7 Å². The topological polar surface area (TPSA) is 61.4 Å². The van der Waals surface area contributed by atoms with Crippen molar-refractivity contribution in [1.82, 2.24) is 0 Å². The van der Waals surface area contributed by atoms with Crippen molar-refractivity contribution >= 4 is 40.5 Å². The minimum Gasteiger partial charge on any atom is -0.372 e. The molecular weight excluding hydrogens is 350 g/mol. The van der Waals surface area contributed by atoms with Crippen LogP contribution in [0.25, 0.3) is 0 Å². The fourth-order valence-corrected chi connectivity index (χ4v) is 3.19. The minimum absolute atomic E-state index is 0.250. The molecule has 1 aliphatic heterocycles. The summed E-state index contributed by atoms with van der Waals surface area (Å²) in [7, 11) is 0. The van der Waals surface area contributed by atoms with Crippen LogP contribution in [0.1, 0.15) is 24.8 Å². The highest BCUT2D eigenvalue weighted by atomic mass is 35.5. The van der Waals surface area contributed by atoms with Gasteiger partial charge in [-0.15, -0.1) is 0 Å². The van der Waals surface area contributed by atoms with Gasteiger partial charge in [-0.2, -0.15) is 0 Å². The molecule has 1 aliphatic rings. The summed E-state index contributed by atoms with van der Waals surface area (Å²) in [5, 5.41) is 6.06. The first-order valence-electron chi connectivity index (χ1n) is 8.73. The maximum absolute atomic E-state index is 12.1. The molecule has 0 aliphatic carbocycles. The summed E-state index contributed by atoms with van der Waals surface area (Å²) in [5.74, 6) is -0.724. The number of amides is 2. The van der Waals surface area contributed by atoms with E-state index < -0.39 is 0 Å². The minimum atomic E-state index is -0.374. The lowest BCUT2D eigenvalue weighted by molar-refractivity contribution is -0.123. The molecule has 6 heteroatoms. The number of carbonyl (C=O) groups is 2. The summed E-state index contributed by atoms with van der Waals surface area (Å²) in [6.45, 7) is 3.98. The molecule has 2 amide bonds. The Morgan fingerprint density at radius 3 is 2.35 bits per heavy atom. The van der Waals surface area contributed by atoms with Crippen LogP contribution in [-0.4, -0.2) is 24.9 Å². The molecular formula is C20H22ClN3O2. The second kappa shape index (κ2) is 8.23. The molecule has 0 bridgehead atoms. The van der Waals surface area contributed by atoms with Gasteiger partial charge < -0.3 is 15.5 Å². The maximum Gasteiger partial charge on any atom is 0.233 e. The van der Waals surface area contributed by atoms with Crippen LogP contribution >= 0.6 is 11.6 Å². The fourth-order valence-electron chi connectivity index (χ4n) is 3.02. The van der Waals surface area contributed by atoms with E-state index in [-0.39, 0.29) is 18.2 Å². The second-order valence-corrected chi connectivity index (χ2v) is 6.83. The zero-order valence-electron chi connectivity index (χ0n) is 14.7. The molecule has 0 atom stereocenters. The van der Waals surface area contributed by atoms with Crippen molar-refractivity contribution in [3.05, 3.63) is 53.1 Å². The normalized spacial score (nSPS) is 13.5. The Balaban J connectivity index is 1.53. The lowest BCUT2D eigenvalue weighted by atomic mass is 10.2. The van der Waals surface area contributed by atoms with Crippen LogP contribution in [0.15, 0.2) is 42.5 Å². The van der Waals surface area contributed by atoms with Crippen LogP contribution < -0.4 is 15.5 Å². The number of anilines is 3. The Morgan fingerprint density at radius 1 is 1.00 bits per heavy atom. The van der Waals surface area contributed by atoms with Crippen LogP contribution in [0.3, 0.4) is 0 Å². The monoisotopic (exact) mass is 371 g/mol. The van der Waals surface area contributed by atoms with Gasteiger partial charge in [0.2, 0.25) is 11.8 Å². The Bertz CT molecular complexity index is 799. The first-order valence-corrected chi connectivity index (χ1v) is 9.10. The van der Waals surface area contributed by atoms with Gasteiger partial charge in [-0.05, 0) is 61.7 Å². The summed E-state index contributed by atoms with van der Waals surface area (Å²) in [6, 6.07) is 13.0. The van der Waals surface area contributed by atoms with Gasteiger partial charge in [0.05, 0.1) is 0 Å². The smallest absolute Gasteiger partial charge is 0.233 e. The molecule has 0 saturated carbocycles. The molecule has 3 rings (SSSR count). The summed E-state index contributed by atoms with van der Waals surface area (Å²) in [5.41, 5.74) is 3.24. The van der Waals surface area contributed by atoms with E-state index in [0.717, 1.165) is 24.3 Å². The Hall–Kier alpha value is -2.53. The lowest BCUT2D eigenvalue weighted by Crippen LogP contribution is -2.22. The Morgan fingerprint density at radius 2 is 1.65 bits per heavy atom. The van der Waals surface area contributed by atoms with Crippen molar-refractivity contribution in [3.63, 3.8) is 0 Å².